The van der Waals surface area contributed by atoms with Gasteiger partial charge in [-0.15, -0.1) is 0 Å². The van der Waals surface area contributed by atoms with Crippen LogP contribution in [0.2, 0.25) is 0 Å². The zero-order chi connectivity index (χ0) is 15.6. The van der Waals surface area contributed by atoms with E-state index in [4.69, 9.17) is 5.73 Å². The monoisotopic (exact) mass is 290 g/mol. The largest absolute Gasteiger partial charge is 0.480 e. The first kappa shape index (κ1) is 15.0. The Labute approximate surface area is 122 Å². The quantitative estimate of drug-likeness (QED) is 0.842. The number of carboxylic acids is 1. The molecule has 0 bridgehead atoms. The number of carbonyl (C=O) groups excluding carboxylic acids is 2. The first-order valence-electron chi connectivity index (χ1n) is 6.84. The van der Waals surface area contributed by atoms with E-state index in [1.807, 2.05) is 12.1 Å². The van der Waals surface area contributed by atoms with Crippen LogP contribution in [0.4, 0.5) is 5.69 Å². The van der Waals surface area contributed by atoms with Crippen LogP contribution < -0.4 is 10.6 Å². The van der Waals surface area contributed by atoms with Crippen LogP contribution in [0.5, 0.6) is 0 Å². The lowest BCUT2D eigenvalue weighted by atomic mass is 10.0. The van der Waals surface area contributed by atoms with Gasteiger partial charge in [0.15, 0.2) is 0 Å². The molecule has 1 aromatic carbocycles. The first-order valence-corrected chi connectivity index (χ1v) is 6.84. The molecule has 0 saturated heterocycles. The summed E-state index contributed by atoms with van der Waals surface area (Å²) < 4.78 is 0. The average molecular weight is 290 g/mol. The Morgan fingerprint density at radius 3 is 2.67 bits per heavy atom. The molecule has 2 rings (SSSR count). The van der Waals surface area contributed by atoms with Gasteiger partial charge in [0.05, 0.1) is 0 Å². The van der Waals surface area contributed by atoms with Crippen LogP contribution in [0.3, 0.4) is 0 Å². The third-order valence-electron chi connectivity index (χ3n) is 3.74. The Morgan fingerprint density at radius 2 is 2.05 bits per heavy atom. The number of para-hydroxylation sites is 1. The lowest BCUT2D eigenvalue weighted by Crippen LogP contribution is -2.45. The van der Waals surface area contributed by atoms with Crippen LogP contribution in [0.15, 0.2) is 24.3 Å². The molecule has 0 unspecified atom stereocenters. The second-order valence-corrected chi connectivity index (χ2v) is 5.30. The predicted octanol–water partition coefficient (Wildman–Crippen LogP) is 0.930. The molecular formula is C15H18N2O4. The number of anilines is 1. The summed E-state index contributed by atoms with van der Waals surface area (Å²) >= 11 is 0. The highest BCUT2D eigenvalue weighted by molar-refractivity contribution is 6.02. The van der Waals surface area contributed by atoms with Crippen LogP contribution in [-0.2, 0) is 20.8 Å². The summed E-state index contributed by atoms with van der Waals surface area (Å²) in [5.41, 5.74) is 6.58. The van der Waals surface area contributed by atoms with Gasteiger partial charge in [0.1, 0.15) is 6.04 Å². The smallest absolute Gasteiger partial charge is 0.327 e. The molecule has 0 spiro atoms. The molecule has 2 atom stereocenters. The fourth-order valence-corrected chi connectivity index (χ4v) is 2.58. The lowest BCUT2D eigenvalue weighted by molar-refractivity contribution is -0.140. The van der Waals surface area contributed by atoms with E-state index in [9.17, 15) is 19.5 Å². The molecule has 6 nitrogen and oxygen atoms in total. The van der Waals surface area contributed by atoms with Gasteiger partial charge in [-0.1, -0.05) is 25.1 Å². The van der Waals surface area contributed by atoms with Gasteiger partial charge in [-0.05, 0) is 18.1 Å². The lowest BCUT2D eigenvalue weighted by Gasteiger charge is -2.25. The Hall–Kier alpha value is -2.37. The van der Waals surface area contributed by atoms with Crippen molar-refractivity contribution in [1.29, 1.82) is 0 Å². The minimum atomic E-state index is -1.03. The normalized spacial score (nSPS) is 18.1. The Bertz CT molecular complexity index is 585. The number of carbonyl (C=O) groups is 3. The average Bonchev–Trinajstić information content (AvgIpc) is 2.83. The molecule has 6 heteroatoms. The molecule has 0 radical (unpaired) electrons. The molecule has 0 saturated carbocycles. The number of nitrogens with zero attached hydrogens (tertiary/aromatic N) is 1. The van der Waals surface area contributed by atoms with Gasteiger partial charge in [0, 0.05) is 24.4 Å². The van der Waals surface area contributed by atoms with Crippen LogP contribution in [0, 0.1) is 5.92 Å². The molecular weight excluding hydrogens is 272 g/mol. The van der Waals surface area contributed by atoms with E-state index < -0.39 is 23.8 Å². The number of amides is 2. The van der Waals surface area contributed by atoms with E-state index in [2.05, 4.69) is 0 Å². The fraction of sp³-hybridized carbons (Fsp3) is 0.400. The summed E-state index contributed by atoms with van der Waals surface area (Å²) in [5, 5.41) is 9.34. The summed E-state index contributed by atoms with van der Waals surface area (Å²) in [6.07, 6.45) is 0.735. The number of hydrogen-bond donors (Lipinski definition) is 2. The number of fused-ring (bicyclic) bond motifs is 1. The van der Waals surface area contributed by atoms with Gasteiger partial charge >= 0.3 is 5.97 Å². The summed E-state index contributed by atoms with van der Waals surface area (Å²) in [5.74, 6) is -2.23. The maximum atomic E-state index is 12.5. The van der Waals surface area contributed by atoms with Crippen molar-refractivity contribution < 1.29 is 19.5 Å². The van der Waals surface area contributed by atoms with Crippen molar-refractivity contribution in [3.8, 4) is 0 Å². The highest BCUT2D eigenvalue weighted by atomic mass is 16.4. The zero-order valence-electron chi connectivity index (χ0n) is 11.8. The molecule has 112 valence electrons. The van der Waals surface area contributed by atoms with Gasteiger partial charge in [0.25, 0.3) is 0 Å². The number of hydrogen-bond acceptors (Lipinski definition) is 3. The molecule has 0 fully saturated rings. The predicted molar refractivity (Wildman–Crippen MR) is 76.6 cm³/mol. The van der Waals surface area contributed by atoms with E-state index in [1.54, 1.807) is 19.1 Å². The molecule has 1 aromatic rings. The molecule has 1 aliphatic rings. The van der Waals surface area contributed by atoms with Crippen molar-refractivity contribution in [3.05, 3.63) is 29.8 Å². The Balaban J connectivity index is 2.24. The first-order chi connectivity index (χ1) is 9.91. The maximum absolute atomic E-state index is 12.5. The Kier molecular flexibility index (Phi) is 4.26. The van der Waals surface area contributed by atoms with E-state index in [0.717, 1.165) is 5.56 Å². The molecule has 1 aliphatic heterocycles. The van der Waals surface area contributed by atoms with Crippen LogP contribution in [-0.4, -0.2) is 28.9 Å². The maximum Gasteiger partial charge on any atom is 0.327 e. The van der Waals surface area contributed by atoms with Gasteiger partial charge in [-0.25, -0.2) is 4.79 Å². The van der Waals surface area contributed by atoms with E-state index >= 15 is 0 Å². The minimum Gasteiger partial charge on any atom is -0.480 e. The van der Waals surface area contributed by atoms with Crippen molar-refractivity contribution in [2.24, 2.45) is 11.7 Å². The van der Waals surface area contributed by atoms with Crippen molar-refractivity contribution >= 4 is 23.5 Å². The molecule has 21 heavy (non-hydrogen) atoms. The highest BCUT2D eigenvalue weighted by Gasteiger charge is 2.39. The molecule has 1 heterocycles. The molecule has 0 aromatic heterocycles. The number of nitrogens with two attached hydrogens (primary N) is 1. The summed E-state index contributed by atoms with van der Waals surface area (Å²) in [6, 6.07) is 6.29. The van der Waals surface area contributed by atoms with Gasteiger partial charge in [-0.2, -0.15) is 0 Å². The molecule has 2 amide bonds. The molecule has 0 aliphatic carbocycles. The highest BCUT2D eigenvalue weighted by Crippen LogP contribution is 2.33. The van der Waals surface area contributed by atoms with Gasteiger partial charge < -0.3 is 10.8 Å². The van der Waals surface area contributed by atoms with Crippen molar-refractivity contribution in [3.63, 3.8) is 0 Å². The third-order valence-corrected chi connectivity index (χ3v) is 3.74. The number of primary amides is 1. The fourth-order valence-electron chi connectivity index (χ4n) is 2.58. The van der Waals surface area contributed by atoms with E-state index in [0.29, 0.717) is 18.5 Å². The van der Waals surface area contributed by atoms with E-state index in [-0.39, 0.29) is 12.3 Å². The number of carboxylic acid groups (broad SMARTS) is 1. The topological polar surface area (TPSA) is 101 Å². The van der Waals surface area contributed by atoms with E-state index in [1.165, 1.54) is 4.90 Å². The summed E-state index contributed by atoms with van der Waals surface area (Å²) in [7, 11) is 0. The molecule has 3 N–H and O–H groups in total. The summed E-state index contributed by atoms with van der Waals surface area (Å²) in [4.78, 5) is 36.1. The second kappa shape index (κ2) is 5.95. The van der Waals surface area contributed by atoms with Crippen LogP contribution >= 0.6 is 0 Å². The van der Waals surface area contributed by atoms with Gasteiger partial charge in [-0.3, -0.25) is 14.5 Å². The van der Waals surface area contributed by atoms with Crippen LogP contribution in [0.1, 0.15) is 25.3 Å². The number of aliphatic carboxylic acids is 1. The standard InChI is InChI=1S/C15H18N2O4/c1-9(6-7-13(16)18)14(19)17-11-5-3-2-4-10(11)8-12(17)15(20)21/h2-5,9,12H,6-8H2,1H3,(H2,16,18)(H,20,21)/t9-,12+/m0/s1. The SMILES string of the molecule is C[C@@H](CCC(N)=O)C(=O)N1c2ccccc2C[C@@H]1C(=O)O. The van der Waals surface area contributed by atoms with Crippen molar-refractivity contribution in [1.82, 2.24) is 0 Å². The van der Waals surface area contributed by atoms with Gasteiger partial charge in [0.2, 0.25) is 11.8 Å². The second-order valence-electron chi connectivity index (χ2n) is 5.30. The number of benzene rings is 1. The Morgan fingerprint density at radius 1 is 1.38 bits per heavy atom. The van der Waals surface area contributed by atoms with Crippen molar-refractivity contribution in [2.45, 2.75) is 32.2 Å². The zero-order valence-corrected chi connectivity index (χ0v) is 11.8. The van der Waals surface area contributed by atoms with Crippen LogP contribution in [0.25, 0.3) is 0 Å². The van der Waals surface area contributed by atoms with Crippen molar-refractivity contribution in [2.75, 3.05) is 4.90 Å². The number of rotatable bonds is 5. The third kappa shape index (κ3) is 3.04. The summed E-state index contributed by atoms with van der Waals surface area (Å²) in [6.45, 7) is 1.69. The minimum absolute atomic E-state index is 0.111.